The lowest BCUT2D eigenvalue weighted by Gasteiger charge is -2.17. The lowest BCUT2D eigenvalue weighted by atomic mass is 9.96. The number of aliphatic carboxylic acids is 1. The van der Waals surface area contributed by atoms with E-state index in [1.165, 1.54) is 0 Å². The van der Waals surface area contributed by atoms with Gasteiger partial charge in [-0.3, -0.25) is 4.79 Å². The number of nitriles is 1. The molecular weight excluding hydrogens is 264 g/mol. The fourth-order valence-electron chi connectivity index (χ4n) is 2.57. The zero-order chi connectivity index (χ0) is 13.8. The van der Waals surface area contributed by atoms with Crippen LogP contribution in [0.2, 0.25) is 5.02 Å². The summed E-state index contributed by atoms with van der Waals surface area (Å²) in [4.78, 5) is 11.1. The first-order valence-corrected chi connectivity index (χ1v) is 6.66. The summed E-state index contributed by atoms with van der Waals surface area (Å²) >= 11 is 5.95. The molecule has 0 amide bonds. The van der Waals surface area contributed by atoms with Crippen LogP contribution in [0.5, 0.6) is 0 Å². The molecule has 0 heterocycles. The van der Waals surface area contributed by atoms with Gasteiger partial charge in [0.05, 0.1) is 16.5 Å². The van der Waals surface area contributed by atoms with Gasteiger partial charge in [-0.2, -0.15) is 5.26 Å². The first-order valence-electron chi connectivity index (χ1n) is 6.28. The molecule has 0 saturated heterocycles. The van der Waals surface area contributed by atoms with Crippen molar-refractivity contribution in [1.29, 1.82) is 5.26 Å². The minimum atomic E-state index is -0.706. The molecule has 0 spiro atoms. The van der Waals surface area contributed by atoms with Crippen molar-refractivity contribution in [3.8, 4) is 6.07 Å². The number of carbonyl (C=O) groups is 1. The van der Waals surface area contributed by atoms with Crippen LogP contribution < -0.4 is 5.32 Å². The SMILES string of the molecule is N#Cc1ccc(NCC2CCCC2C(=O)O)cc1Cl. The Hall–Kier alpha value is -1.73. The Bertz CT molecular complexity index is 525. The van der Waals surface area contributed by atoms with Crippen LogP contribution in [0.4, 0.5) is 5.69 Å². The number of nitrogens with zero attached hydrogens (tertiary/aromatic N) is 1. The van der Waals surface area contributed by atoms with E-state index in [0.717, 1.165) is 24.9 Å². The molecule has 2 unspecified atom stereocenters. The van der Waals surface area contributed by atoms with Crippen molar-refractivity contribution in [2.24, 2.45) is 11.8 Å². The number of hydrogen-bond donors (Lipinski definition) is 2. The number of carboxylic acid groups (broad SMARTS) is 1. The smallest absolute Gasteiger partial charge is 0.306 e. The standard InChI is InChI=1S/C14H15ClN2O2/c15-13-6-11(5-4-9(13)7-16)17-8-10-2-1-3-12(10)14(18)19/h4-6,10,12,17H,1-3,8H2,(H,18,19). The van der Waals surface area contributed by atoms with Gasteiger partial charge in [-0.15, -0.1) is 0 Å². The van der Waals surface area contributed by atoms with E-state index in [2.05, 4.69) is 5.32 Å². The van der Waals surface area contributed by atoms with Crippen LogP contribution in [0.1, 0.15) is 24.8 Å². The third-order valence-electron chi connectivity index (χ3n) is 3.63. The van der Waals surface area contributed by atoms with E-state index in [1.54, 1.807) is 18.2 Å². The number of carboxylic acids is 1. The summed E-state index contributed by atoms with van der Waals surface area (Å²) in [6.45, 7) is 0.624. The molecule has 1 aliphatic rings. The molecule has 0 aliphatic heterocycles. The Kier molecular flexibility index (Phi) is 4.28. The topological polar surface area (TPSA) is 73.1 Å². The van der Waals surface area contributed by atoms with Gasteiger partial charge >= 0.3 is 5.97 Å². The number of nitrogens with one attached hydrogen (secondary N) is 1. The van der Waals surface area contributed by atoms with Gasteiger partial charge in [0.15, 0.2) is 0 Å². The van der Waals surface area contributed by atoms with Gasteiger partial charge in [-0.1, -0.05) is 18.0 Å². The molecule has 1 aliphatic carbocycles. The average Bonchev–Trinajstić information content (AvgIpc) is 2.85. The summed E-state index contributed by atoms with van der Waals surface area (Å²) in [6, 6.07) is 7.15. The van der Waals surface area contributed by atoms with Crippen LogP contribution in [0.15, 0.2) is 18.2 Å². The molecule has 0 bridgehead atoms. The van der Waals surface area contributed by atoms with Crippen LogP contribution in [-0.4, -0.2) is 17.6 Å². The minimum absolute atomic E-state index is 0.159. The monoisotopic (exact) mass is 278 g/mol. The molecular formula is C14H15ClN2O2. The molecule has 19 heavy (non-hydrogen) atoms. The molecule has 5 heteroatoms. The van der Waals surface area contributed by atoms with Crippen LogP contribution in [-0.2, 0) is 4.79 Å². The maximum absolute atomic E-state index is 11.1. The van der Waals surface area contributed by atoms with Gasteiger partial charge in [0.25, 0.3) is 0 Å². The summed E-state index contributed by atoms with van der Waals surface area (Å²) < 4.78 is 0. The van der Waals surface area contributed by atoms with Crippen LogP contribution in [0, 0.1) is 23.2 Å². The van der Waals surface area contributed by atoms with Crippen molar-refractivity contribution in [2.45, 2.75) is 19.3 Å². The second kappa shape index (κ2) is 5.94. The number of rotatable bonds is 4. The van der Waals surface area contributed by atoms with Crippen molar-refractivity contribution < 1.29 is 9.90 Å². The quantitative estimate of drug-likeness (QED) is 0.887. The predicted molar refractivity (Wildman–Crippen MR) is 73.1 cm³/mol. The van der Waals surface area contributed by atoms with Gasteiger partial charge < -0.3 is 10.4 Å². The largest absolute Gasteiger partial charge is 0.481 e. The van der Waals surface area contributed by atoms with Gasteiger partial charge in [0.1, 0.15) is 6.07 Å². The van der Waals surface area contributed by atoms with Gasteiger partial charge in [0.2, 0.25) is 0 Å². The maximum Gasteiger partial charge on any atom is 0.306 e. The molecule has 2 atom stereocenters. The second-order valence-electron chi connectivity index (χ2n) is 4.82. The highest BCUT2D eigenvalue weighted by atomic mass is 35.5. The van der Waals surface area contributed by atoms with E-state index in [-0.39, 0.29) is 11.8 Å². The Morgan fingerprint density at radius 2 is 2.32 bits per heavy atom. The Labute approximate surface area is 117 Å². The van der Waals surface area contributed by atoms with E-state index in [9.17, 15) is 4.79 Å². The second-order valence-corrected chi connectivity index (χ2v) is 5.23. The van der Waals surface area contributed by atoms with Crippen LogP contribution in [0.25, 0.3) is 0 Å². The zero-order valence-electron chi connectivity index (χ0n) is 10.4. The van der Waals surface area contributed by atoms with Crippen molar-refractivity contribution in [3.05, 3.63) is 28.8 Å². The number of halogens is 1. The first kappa shape index (κ1) is 13.7. The first-order chi connectivity index (χ1) is 9.11. The lowest BCUT2D eigenvalue weighted by molar-refractivity contribution is -0.142. The van der Waals surface area contributed by atoms with Crippen LogP contribution in [0.3, 0.4) is 0 Å². The number of hydrogen-bond acceptors (Lipinski definition) is 3. The number of benzene rings is 1. The van der Waals surface area contributed by atoms with Crippen molar-refractivity contribution in [2.75, 3.05) is 11.9 Å². The minimum Gasteiger partial charge on any atom is -0.481 e. The van der Waals surface area contributed by atoms with E-state index in [0.29, 0.717) is 17.1 Å². The molecule has 0 radical (unpaired) electrons. The highest BCUT2D eigenvalue weighted by Gasteiger charge is 2.32. The molecule has 100 valence electrons. The highest BCUT2D eigenvalue weighted by molar-refractivity contribution is 6.32. The molecule has 4 nitrogen and oxygen atoms in total. The molecule has 0 aromatic heterocycles. The van der Waals surface area contributed by atoms with Gasteiger partial charge in [-0.25, -0.2) is 0 Å². The predicted octanol–water partition coefficient (Wildman–Crippen LogP) is 3.12. The van der Waals surface area contributed by atoms with Gasteiger partial charge in [-0.05, 0) is 37.0 Å². The molecule has 1 aromatic rings. The third-order valence-corrected chi connectivity index (χ3v) is 3.95. The maximum atomic E-state index is 11.1. The van der Waals surface area contributed by atoms with Crippen molar-refractivity contribution in [3.63, 3.8) is 0 Å². The van der Waals surface area contributed by atoms with Crippen molar-refractivity contribution >= 4 is 23.3 Å². The average molecular weight is 279 g/mol. The summed E-state index contributed by atoms with van der Waals surface area (Å²) in [6.07, 6.45) is 2.67. The summed E-state index contributed by atoms with van der Waals surface area (Å²) in [7, 11) is 0. The Morgan fingerprint density at radius 3 is 2.95 bits per heavy atom. The van der Waals surface area contributed by atoms with Crippen molar-refractivity contribution in [1.82, 2.24) is 0 Å². The number of anilines is 1. The van der Waals surface area contributed by atoms with E-state index in [1.807, 2.05) is 6.07 Å². The van der Waals surface area contributed by atoms with E-state index >= 15 is 0 Å². The van der Waals surface area contributed by atoms with E-state index < -0.39 is 5.97 Å². The zero-order valence-corrected chi connectivity index (χ0v) is 11.2. The lowest BCUT2D eigenvalue weighted by Crippen LogP contribution is -2.24. The normalized spacial score (nSPS) is 21.9. The van der Waals surface area contributed by atoms with Crippen LogP contribution >= 0.6 is 11.6 Å². The summed E-state index contributed by atoms with van der Waals surface area (Å²) in [5, 5.41) is 21.5. The fraction of sp³-hybridized carbons (Fsp3) is 0.429. The Balaban J connectivity index is 1.97. The molecule has 2 rings (SSSR count). The van der Waals surface area contributed by atoms with E-state index in [4.69, 9.17) is 22.0 Å². The summed E-state index contributed by atoms with van der Waals surface area (Å²) in [5.41, 5.74) is 1.26. The molecule has 1 aromatic carbocycles. The molecule has 2 N–H and O–H groups in total. The third kappa shape index (κ3) is 3.18. The fourth-order valence-corrected chi connectivity index (χ4v) is 2.79. The molecule has 1 fully saturated rings. The summed E-state index contributed by atoms with van der Waals surface area (Å²) in [5.74, 6) is -0.796. The van der Waals surface area contributed by atoms with Gasteiger partial charge in [0, 0.05) is 12.2 Å². The highest BCUT2D eigenvalue weighted by Crippen LogP contribution is 2.32. The Morgan fingerprint density at radius 1 is 1.53 bits per heavy atom. The molecule has 1 saturated carbocycles.